The molecule has 0 saturated carbocycles. The van der Waals surface area contributed by atoms with Crippen molar-refractivity contribution < 1.29 is 52.2 Å². The predicted octanol–water partition coefficient (Wildman–Crippen LogP) is 5.16. The van der Waals surface area contributed by atoms with E-state index in [9.17, 15) is 14.4 Å². The Morgan fingerprint density at radius 2 is 1.21 bits per heavy atom. The highest BCUT2D eigenvalue weighted by Gasteiger charge is 2.08. The summed E-state index contributed by atoms with van der Waals surface area (Å²) in [5, 5.41) is 1.45. The molecule has 14 heteroatoms. The fourth-order valence-corrected chi connectivity index (χ4v) is 5.34. The van der Waals surface area contributed by atoms with Gasteiger partial charge in [-0.2, -0.15) is 0 Å². The van der Waals surface area contributed by atoms with Crippen molar-refractivity contribution >= 4 is 43.4 Å². The minimum absolute atomic E-state index is 0.0499. The van der Waals surface area contributed by atoms with Crippen molar-refractivity contribution in [2.75, 3.05) is 79.2 Å². The lowest BCUT2D eigenvalue weighted by Gasteiger charge is -2.14. The molecule has 2 atom stereocenters. The van der Waals surface area contributed by atoms with Gasteiger partial charge in [-0.25, -0.2) is 9.59 Å². The third-order valence-electron chi connectivity index (χ3n) is 6.87. The van der Waals surface area contributed by atoms with Crippen molar-refractivity contribution in [1.82, 2.24) is 0 Å². The van der Waals surface area contributed by atoms with Crippen molar-refractivity contribution in [3.8, 4) is 5.75 Å². The van der Waals surface area contributed by atoms with Crippen LogP contribution >= 0.6 is 11.3 Å². The SMILES string of the molecule is C=CC(=O)OCCOCCOC(C)OCCCCCOc1ccc2sc3ccccc3c(=O)c2c1.C=CC(=O)OCCOCCOC(C)OCCN. The molecule has 52 heavy (non-hydrogen) atoms. The molecule has 288 valence electrons. The standard InChI is InChI=1S/C27H32O7S.C11H21NO5/c1-3-26(28)34-18-16-30-15-17-32-20(2)31-13-7-4-8-14-33-21-11-12-25-23(19-21)27(29)22-9-5-6-10-24(22)35-25;1-3-11(13)17-9-7-14-6-8-16-10(2)15-5-4-12/h3,5-6,9-12,19-20H,1,4,7-8,13-18H2,2H3;3,10H,1,4-9,12H2,2H3. The lowest BCUT2D eigenvalue weighted by Crippen LogP contribution is -2.20. The van der Waals surface area contributed by atoms with Gasteiger partial charge in [0.1, 0.15) is 19.0 Å². The molecule has 0 saturated heterocycles. The van der Waals surface area contributed by atoms with E-state index in [0.717, 1.165) is 52.0 Å². The van der Waals surface area contributed by atoms with E-state index in [1.807, 2.05) is 49.4 Å². The molecular weight excluding hydrogens is 694 g/mol. The highest BCUT2D eigenvalue weighted by molar-refractivity contribution is 7.24. The van der Waals surface area contributed by atoms with Gasteiger partial charge < -0.3 is 48.4 Å². The first-order chi connectivity index (χ1) is 25.3. The molecule has 2 unspecified atom stereocenters. The van der Waals surface area contributed by atoms with Crippen LogP contribution in [-0.4, -0.2) is 104 Å². The van der Waals surface area contributed by atoms with Crippen LogP contribution in [0.25, 0.3) is 20.2 Å². The fraction of sp³-hybridized carbons (Fsp3) is 0.500. The smallest absolute Gasteiger partial charge is 0.330 e. The van der Waals surface area contributed by atoms with E-state index in [1.165, 1.54) is 0 Å². The topological polar surface area (TPSA) is 160 Å². The largest absolute Gasteiger partial charge is 0.494 e. The summed E-state index contributed by atoms with van der Waals surface area (Å²) in [5.74, 6) is -0.190. The molecule has 0 radical (unpaired) electrons. The van der Waals surface area contributed by atoms with Gasteiger partial charge in [0, 0.05) is 45.5 Å². The van der Waals surface area contributed by atoms with Gasteiger partial charge in [-0.15, -0.1) is 11.3 Å². The van der Waals surface area contributed by atoms with Crippen LogP contribution in [0.4, 0.5) is 0 Å². The molecule has 1 heterocycles. The Hall–Kier alpha value is -3.73. The van der Waals surface area contributed by atoms with Crippen LogP contribution in [0, 0.1) is 0 Å². The monoisotopic (exact) mass is 747 g/mol. The number of rotatable bonds is 27. The first kappa shape index (κ1) is 44.4. The zero-order valence-electron chi connectivity index (χ0n) is 30.3. The van der Waals surface area contributed by atoms with Gasteiger partial charge in [0.15, 0.2) is 18.0 Å². The summed E-state index contributed by atoms with van der Waals surface area (Å²) >= 11 is 1.62. The number of benzene rings is 2. The molecule has 1 aromatic heterocycles. The van der Waals surface area contributed by atoms with Crippen LogP contribution in [-0.2, 0) is 47.5 Å². The third-order valence-corrected chi connectivity index (χ3v) is 8.02. The molecule has 2 aromatic carbocycles. The molecule has 3 aromatic rings. The molecule has 0 aliphatic rings. The predicted molar refractivity (Wildman–Crippen MR) is 201 cm³/mol. The summed E-state index contributed by atoms with van der Waals surface area (Å²) < 4.78 is 49.5. The van der Waals surface area contributed by atoms with Crippen LogP contribution in [0.15, 0.2) is 72.6 Å². The summed E-state index contributed by atoms with van der Waals surface area (Å²) in [6.07, 6.45) is 4.38. The average molecular weight is 748 g/mol. The van der Waals surface area contributed by atoms with E-state index in [-0.39, 0.29) is 31.2 Å². The van der Waals surface area contributed by atoms with E-state index in [1.54, 1.807) is 18.3 Å². The Morgan fingerprint density at radius 1 is 0.673 bits per heavy atom. The van der Waals surface area contributed by atoms with Crippen LogP contribution in [0.2, 0.25) is 0 Å². The van der Waals surface area contributed by atoms with Crippen molar-refractivity contribution in [3.63, 3.8) is 0 Å². The highest BCUT2D eigenvalue weighted by atomic mass is 32.1. The molecule has 13 nitrogen and oxygen atoms in total. The maximum Gasteiger partial charge on any atom is 0.330 e. The van der Waals surface area contributed by atoms with E-state index in [0.29, 0.717) is 71.4 Å². The first-order valence-corrected chi connectivity index (χ1v) is 18.1. The molecule has 0 amide bonds. The number of esters is 2. The second-order valence-electron chi connectivity index (χ2n) is 10.9. The normalized spacial score (nSPS) is 12.1. The van der Waals surface area contributed by atoms with Gasteiger partial charge in [-0.3, -0.25) is 4.79 Å². The number of nitrogens with two attached hydrogens (primary N) is 1. The quantitative estimate of drug-likeness (QED) is 0.0359. The van der Waals surface area contributed by atoms with Crippen molar-refractivity contribution in [2.24, 2.45) is 5.73 Å². The van der Waals surface area contributed by atoms with Crippen LogP contribution in [0.5, 0.6) is 5.75 Å². The van der Waals surface area contributed by atoms with E-state index >= 15 is 0 Å². The van der Waals surface area contributed by atoms with Crippen molar-refractivity contribution in [1.29, 1.82) is 0 Å². The average Bonchev–Trinajstić information content (AvgIpc) is 3.16. The number of unbranched alkanes of at least 4 members (excludes halogenated alkanes) is 2. The Kier molecular flexibility index (Phi) is 23.8. The van der Waals surface area contributed by atoms with Crippen LogP contribution < -0.4 is 15.9 Å². The summed E-state index contributed by atoms with van der Waals surface area (Å²) in [6.45, 7) is 15.1. The maximum atomic E-state index is 12.8. The molecule has 0 fully saturated rings. The van der Waals surface area contributed by atoms with E-state index < -0.39 is 11.9 Å². The van der Waals surface area contributed by atoms with Crippen molar-refractivity contribution in [2.45, 2.75) is 45.7 Å². The number of ether oxygens (including phenoxy) is 9. The number of carbonyl (C=O) groups is 2. The highest BCUT2D eigenvalue weighted by Crippen LogP contribution is 2.27. The van der Waals surface area contributed by atoms with Crippen molar-refractivity contribution in [3.05, 3.63) is 78.0 Å². The summed E-state index contributed by atoms with van der Waals surface area (Å²) in [5.41, 5.74) is 5.32. The van der Waals surface area contributed by atoms with Gasteiger partial charge in [-0.05, 0) is 63.4 Å². The zero-order valence-corrected chi connectivity index (χ0v) is 31.1. The number of fused-ring (bicyclic) bond motifs is 2. The lowest BCUT2D eigenvalue weighted by molar-refractivity contribution is -0.145. The second-order valence-corrected chi connectivity index (χ2v) is 12.0. The van der Waals surface area contributed by atoms with Gasteiger partial charge in [-0.1, -0.05) is 25.3 Å². The molecule has 0 aliphatic heterocycles. The minimum atomic E-state index is -0.459. The van der Waals surface area contributed by atoms with Gasteiger partial charge >= 0.3 is 11.9 Å². The van der Waals surface area contributed by atoms with E-state index in [2.05, 4.69) is 13.2 Å². The van der Waals surface area contributed by atoms with Gasteiger partial charge in [0.25, 0.3) is 0 Å². The number of hydrogen-bond donors (Lipinski definition) is 1. The third kappa shape index (κ3) is 19.2. The Balaban J connectivity index is 0.000000465. The zero-order chi connectivity index (χ0) is 37.8. The first-order valence-electron chi connectivity index (χ1n) is 17.3. The maximum absolute atomic E-state index is 12.8. The lowest BCUT2D eigenvalue weighted by atomic mass is 10.2. The summed E-state index contributed by atoms with van der Waals surface area (Å²) in [6, 6.07) is 13.4. The molecule has 3 rings (SSSR count). The molecular formula is C38H53NO12S. The van der Waals surface area contributed by atoms with Crippen LogP contribution in [0.1, 0.15) is 33.1 Å². The van der Waals surface area contributed by atoms with E-state index in [4.69, 9.17) is 48.4 Å². The van der Waals surface area contributed by atoms with Gasteiger partial charge in [0.05, 0.1) is 52.9 Å². The number of hydrogen-bond acceptors (Lipinski definition) is 14. The second kappa shape index (κ2) is 27.9. The Morgan fingerprint density at radius 3 is 1.83 bits per heavy atom. The molecule has 0 bridgehead atoms. The fourth-order valence-electron chi connectivity index (χ4n) is 4.29. The van der Waals surface area contributed by atoms with Crippen LogP contribution in [0.3, 0.4) is 0 Å². The molecule has 0 spiro atoms. The molecule has 0 aliphatic carbocycles. The van der Waals surface area contributed by atoms with Gasteiger partial charge in [0.2, 0.25) is 0 Å². The summed E-state index contributed by atoms with van der Waals surface area (Å²) in [4.78, 5) is 34.3. The minimum Gasteiger partial charge on any atom is -0.494 e. The summed E-state index contributed by atoms with van der Waals surface area (Å²) in [7, 11) is 0. The molecule has 2 N–H and O–H groups in total. The number of carbonyl (C=O) groups excluding carboxylic acids is 2. The Labute approximate surface area is 309 Å². The Bertz CT molecular complexity index is 1530.